The first-order valence-corrected chi connectivity index (χ1v) is 9.39. The van der Waals surface area contributed by atoms with Crippen molar-refractivity contribution in [3.8, 4) is 11.3 Å². The number of hydrogen-bond donors (Lipinski definition) is 0. The lowest BCUT2D eigenvalue weighted by atomic mass is 10.2. The Morgan fingerprint density at radius 2 is 1.81 bits per heavy atom. The van der Waals surface area contributed by atoms with Gasteiger partial charge >= 0.3 is 5.97 Å². The van der Waals surface area contributed by atoms with E-state index in [0.717, 1.165) is 10.0 Å². The van der Waals surface area contributed by atoms with E-state index >= 15 is 0 Å². The van der Waals surface area contributed by atoms with E-state index in [1.165, 1.54) is 6.08 Å². The van der Waals surface area contributed by atoms with Crippen molar-refractivity contribution in [3.63, 3.8) is 0 Å². The Kier molecular flexibility index (Phi) is 4.91. The zero-order chi connectivity index (χ0) is 19.0. The van der Waals surface area contributed by atoms with E-state index in [1.54, 1.807) is 30.3 Å². The molecule has 0 N–H and O–H groups in total. The van der Waals surface area contributed by atoms with Crippen molar-refractivity contribution in [3.05, 3.63) is 86.1 Å². The van der Waals surface area contributed by atoms with Gasteiger partial charge in [0.1, 0.15) is 11.5 Å². The fourth-order valence-corrected chi connectivity index (χ4v) is 3.28. The molecule has 0 bridgehead atoms. The van der Waals surface area contributed by atoms with Crippen LogP contribution in [0, 0.1) is 0 Å². The van der Waals surface area contributed by atoms with E-state index in [-0.39, 0.29) is 11.6 Å². The topological polar surface area (TPSA) is 51.8 Å². The number of carbonyl (C=O) groups is 1. The van der Waals surface area contributed by atoms with Gasteiger partial charge < -0.3 is 9.15 Å². The number of hydrogen-bond acceptors (Lipinski definition) is 4. The Morgan fingerprint density at radius 1 is 1.00 bits per heavy atom. The predicted octanol–water partition coefficient (Wildman–Crippen LogP) is 6.36. The van der Waals surface area contributed by atoms with Crippen LogP contribution in [0.5, 0.6) is 0 Å². The molecule has 134 valence electrons. The van der Waals surface area contributed by atoms with E-state index in [4.69, 9.17) is 32.4 Å². The molecule has 0 atom stereocenters. The van der Waals surface area contributed by atoms with Gasteiger partial charge in [0.2, 0.25) is 5.90 Å². The number of halogens is 3. The van der Waals surface area contributed by atoms with Crippen LogP contribution in [0.4, 0.5) is 0 Å². The number of aliphatic imine (C=N–C) groups is 1. The molecular weight excluding hydrogens is 453 g/mol. The Morgan fingerprint density at radius 3 is 2.59 bits per heavy atom. The molecule has 2 aromatic carbocycles. The van der Waals surface area contributed by atoms with Crippen LogP contribution in [0.15, 0.2) is 74.2 Å². The Bertz CT molecular complexity index is 1120. The lowest BCUT2D eigenvalue weighted by Gasteiger charge is -2.01. The molecule has 0 radical (unpaired) electrons. The van der Waals surface area contributed by atoms with E-state index in [9.17, 15) is 4.79 Å². The van der Waals surface area contributed by atoms with E-state index in [2.05, 4.69) is 20.9 Å². The molecule has 1 aromatic heterocycles. The third-order valence-corrected chi connectivity index (χ3v) is 5.27. The monoisotopic (exact) mass is 461 g/mol. The van der Waals surface area contributed by atoms with Gasteiger partial charge in [-0.05, 0) is 58.4 Å². The average Bonchev–Trinajstić information content (AvgIpc) is 3.25. The third-order valence-electron chi connectivity index (χ3n) is 3.83. The van der Waals surface area contributed by atoms with Crippen LogP contribution in [0.1, 0.15) is 11.3 Å². The standard InChI is InChI=1S/C20H10BrCl2NO3/c21-14-4-2-1-3-13(14)19-24-17(20(25)27-19)10-12-6-8-18(26-12)11-5-7-15(22)16(23)9-11/h1-10H/b17-10-. The molecule has 4 rings (SSSR count). The number of furan rings is 1. The van der Waals surface area contributed by atoms with Crippen molar-refractivity contribution in [1.29, 1.82) is 0 Å². The summed E-state index contributed by atoms with van der Waals surface area (Å²) >= 11 is 15.4. The van der Waals surface area contributed by atoms with Crippen LogP contribution < -0.4 is 0 Å². The van der Waals surface area contributed by atoms with Gasteiger partial charge in [-0.2, -0.15) is 0 Å². The minimum atomic E-state index is -0.534. The maximum atomic E-state index is 12.1. The van der Waals surface area contributed by atoms with Crippen molar-refractivity contribution in [2.75, 3.05) is 0 Å². The molecule has 0 aliphatic carbocycles. The van der Waals surface area contributed by atoms with Crippen molar-refractivity contribution in [2.45, 2.75) is 0 Å². The summed E-state index contributed by atoms with van der Waals surface area (Å²) in [6.07, 6.45) is 1.53. The van der Waals surface area contributed by atoms with Crippen molar-refractivity contribution in [2.24, 2.45) is 4.99 Å². The SMILES string of the molecule is O=C1OC(c2ccccc2Br)=N/C1=C\c1ccc(-c2ccc(Cl)c(Cl)c2)o1. The predicted molar refractivity (Wildman–Crippen MR) is 109 cm³/mol. The quantitative estimate of drug-likeness (QED) is 0.336. The van der Waals surface area contributed by atoms with Gasteiger partial charge in [-0.1, -0.05) is 35.3 Å². The second-order valence-corrected chi connectivity index (χ2v) is 7.32. The Balaban J connectivity index is 1.64. The summed E-state index contributed by atoms with van der Waals surface area (Å²) in [5, 5.41) is 0.907. The second-order valence-electron chi connectivity index (χ2n) is 5.65. The summed E-state index contributed by atoms with van der Waals surface area (Å²) < 4.78 is 11.8. The van der Waals surface area contributed by atoms with E-state index in [0.29, 0.717) is 27.1 Å². The molecule has 0 spiro atoms. The van der Waals surface area contributed by atoms with Crippen LogP contribution >= 0.6 is 39.1 Å². The van der Waals surface area contributed by atoms with E-state index in [1.807, 2.05) is 24.3 Å². The van der Waals surface area contributed by atoms with Crippen LogP contribution in [0.25, 0.3) is 17.4 Å². The molecule has 0 fully saturated rings. The number of ether oxygens (including phenoxy) is 1. The van der Waals surface area contributed by atoms with Crippen LogP contribution in [-0.4, -0.2) is 11.9 Å². The average molecular weight is 463 g/mol. The molecule has 0 saturated carbocycles. The summed E-state index contributed by atoms with van der Waals surface area (Å²) in [5.41, 5.74) is 1.64. The summed E-state index contributed by atoms with van der Waals surface area (Å²) in [7, 11) is 0. The first-order valence-electron chi connectivity index (χ1n) is 7.84. The number of cyclic esters (lactones) is 1. The van der Waals surface area contributed by atoms with Crippen molar-refractivity contribution >= 4 is 57.1 Å². The van der Waals surface area contributed by atoms with Crippen LogP contribution in [0.3, 0.4) is 0 Å². The largest absolute Gasteiger partial charge is 0.457 e. The fraction of sp³-hybridized carbons (Fsp3) is 0. The van der Waals surface area contributed by atoms with E-state index < -0.39 is 5.97 Å². The molecular formula is C20H10BrCl2NO3. The molecule has 0 amide bonds. The maximum Gasteiger partial charge on any atom is 0.363 e. The normalized spacial score (nSPS) is 15.1. The highest BCUT2D eigenvalue weighted by Crippen LogP contribution is 2.30. The highest BCUT2D eigenvalue weighted by molar-refractivity contribution is 9.10. The minimum Gasteiger partial charge on any atom is -0.457 e. The summed E-state index contributed by atoms with van der Waals surface area (Å²) in [5.74, 6) is 0.783. The summed E-state index contributed by atoms with van der Waals surface area (Å²) in [6, 6.07) is 16.1. The summed E-state index contributed by atoms with van der Waals surface area (Å²) in [4.78, 5) is 16.4. The van der Waals surface area contributed by atoms with Crippen LogP contribution in [0.2, 0.25) is 10.0 Å². The molecule has 27 heavy (non-hydrogen) atoms. The number of benzene rings is 2. The zero-order valence-corrected chi connectivity index (χ0v) is 16.7. The van der Waals surface area contributed by atoms with Crippen molar-refractivity contribution < 1.29 is 13.9 Å². The van der Waals surface area contributed by atoms with Gasteiger partial charge in [-0.3, -0.25) is 0 Å². The molecule has 1 aliphatic heterocycles. The number of rotatable bonds is 3. The van der Waals surface area contributed by atoms with Gasteiger partial charge in [-0.25, -0.2) is 9.79 Å². The van der Waals surface area contributed by atoms with Gasteiger partial charge in [-0.15, -0.1) is 0 Å². The molecule has 3 aromatic rings. The number of nitrogens with zero attached hydrogens (tertiary/aromatic N) is 1. The maximum absolute atomic E-state index is 12.1. The first-order chi connectivity index (χ1) is 13.0. The summed E-state index contributed by atoms with van der Waals surface area (Å²) in [6.45, 7) is 0. The highest BCUT2D eigenvalue weighted by atomic mass is 79.9. The highest BCUT2D eigenvalue weighted by Gasteiger charge is 2.25. The van der Waals surface area contributed by atoms with Crippen LogP contribution in [-0.2, 0) is 9.53 Å². The smallest absolute Gasteiger partial charge is 0.363 e. The van der Waals surface area contributed by atoms with Crippen molar-refractivity contribution in [1.82, 2.24) is 0 Å². The molecule has 0 saturated heterocycles. The lowest BCUT2D eigenvalue weighted by molar-refractivity contribution is -0.129. The fourth-order valence-electron chi connectivity index (χ4n) is 2.53. The molecule has 2 heterocycles. The molecule has 0 unspecified atom stereocenters. The van der Waals surface area contributed by atoms with Gasteiger partial charge in [0.25, 0.3) is 0 Å². The Labute approximate surface area is 173 Å². The Hall–Kier alpha value is -2.34. The third kappa shape index (κ3) is 3.72. The number of esters is 1. The minimum absolute atomic E-state index is 0.163. The van der Waals surface area contributed by atoms with Gasteiger partial charge in [0.05, 0.1) is 15.6 Å². The lowest BCUT2D eigenvalue weighted by Crippen LogP contribution is -2.05. The second kappa shape index (κ2) is 7.35. The zero-order valence-electron chi connectivity index (χ0n) is 13.6. The first kappa shape index (κ1) is 18.0. The van der Waals surface area contributed by atoms with Gasteiger partial charge in [0, 0.05) is 16.1 Å². The molecule has 4 nitrogen and oxygen atoms in total. The number of carbonyl (C=O) groups excluding carboxylic acids is 1. The molecule has 1 aliphatic rings. The van der Waals surface area contributed by atoms with Gasteiger partial charge in [0.15, 0.2) is 5.70 Å². The molecule has 7 heteroatoms.